The van der Waals surface area contributed by atoms with E-state index in [1.807, 2.05) is 17.7 Å². The number of aromatic nitrogens is 2. The van der Waals surface area contributed by atoms with Crippen molar-refractivity contribution in [2.24, 2.45) is 0 Å². The zero-order valence-corrected chi connectivity index (χ0v) is 11.1. The van der Waals surface area contributed by atoms with Gasteiger partial charge < -0.3 is 9.88 Å². The second-order valence-electron chi connectivity index (χ2n) is 4.74. The summed E-state index contributed by atoms with van der Waals surface area (Å²) in [5.41, 5.74) is 0.0105. The van der Waals surface area contributed by atoms with E-state index >= 15 is 0 Å². The summed E-state index contributed by atoms with van der Waals surface area (Å²) >= 11 is 0. The van der Waals surface area contributed by atoms with Crippen LogP contribution in [0.15, 0.2) is 43.0 Å². The third-order valence-electron chi connectivity index (χ3n) is 2.95. The van der Waals surface area contributed by atoms with Gasteiger partial charge in [-0.25, -0.2) is 4.98 Å². The van der Waals surface area contributed by atoms with E-state index in [9.17, 15) is 13.2 Å². The van der Waals surface area contributed by atoms with E-state index < -0.39 is 11.7 Å². The molecule has 0 aliphatic carbocycles. The monoisotopic (exact) mass is 283 g/mol. The van der Waals surface area contributed by atoms with Crippen LogP contribution in [0.3, 0.4) is 0 Å². The highest BCUT2D eigenvalue weighted by molar-refractivity contribution is 5.25. The number of alkyl halides is 3. The van der Waals surface area contributed by atoms with Crippen molar-refractivity contribution in [2.45, 2.75) is 32.2 Å². The zero-order valence-electron chi connectivity index (χ0n) is 11.1. The van der Waals surface area contributed by atoms with Crippen molar-refractivity contribution in [2.75, 3.05) is 0 Å². The summed E-state index contributed by atoms with van der Waals surface area (Å²) in [5, 5.41) is 3.20. The lowest BCUT2D eigenvalue weighted by Gasteiger charge is -2.15. The van der Waals surface area contributed by atoms with Crippen LogP contribution in [0.5, 0.6) is 0 Å². The van der Waals surface area contributed by atoms with Gasteiger partial charge in [-0.2, -0.15) is 13.2 Å². The Hall–Kier alpha value is -1.82. The van der Waals surface area contributed by atoms with Crippen molar-refractivity contribution < 1.29 is 13.2 Å². The number of nitrogens with zero attached hydrogens (tertiary/aromatic N) is 2. The van der Waals surface area contributed by atoms with E-state index in [4.69, 9.17) is 0 Å². The van der Waals surface area contributed by atoms with E-state index in [1.165, 1.54) is 12.1 Å². The molecular formula is C14H16F3N3. The van der Waals surface area contributed by atoms with Crippen molar-refractivity contribution >= 4 is 0 Å². The molecule has 0 bridgehead atoms. The Labute approximate surface area is 115 Å². The van der Waals surface area contributed by atoms with Crippen LogP contribution in [0.25, 0.3) is 0 Å². The molecule has 2 aromatic rings. The van der Waals surface area contributed by atoms with Gasteiger partial charge in [0, 0.05) is 31.5 Å². The van der Waals surface area contributed by atoms with Gasteiger partial charge in [-0.15, -0.1) is 0 Å². The van der Waals surface area contributed by atoms with Gasteiger partial charge in [0.25, 0.3) is 0 Å². The Morgan fingerprint density at radius 3 is 2.80 bits per heavy atom. The molecule has 0 saturated carbocycles. The van der Waals surface area contributed by atoms with Gasteiger partial charge in [0.15, 0.2) is 0 Å². The molecule has 0 amide bonds. The third kappa shape index (κ3) is 4.09. The van der Waals surface area contributed by atoms with Crippen molar-refractivity contribution in [3.8, 4) is 0 Å². The van der Waals surface area contributed by atoms with Crippen LogP contribution in [-0.2, 0) is 19.3 Å². The molecule has 1 unspecified atom stereocenters. The fourth-order valence-corrected chi connectivity index (χ4v) is 1.93. The van der Waals surface area contributed by atoms with Crippen LogP contribution >= 0.6 is 0 Å². The fraction of sp³-hybridized carbons (Fsp3) is 0.357. The zero-order chi connectivity index (χ0) is 14.6. The average molecular weight is 283 g/mol. The molecule has 1 aromatic carbocycles. The van der Waals surface area contributed by atoms with Crippen LogP contribution in [0, 0.1) is 0 Å². The minimum absolute atomic E-state index is 0.138. The topological polar surface area (TPSA) is 29.9 Å². The summed E-state index contributed by atoms with van der Waals surface area (Å²) in [5.74, 6) is 0. The van der Waals surface area contributed by atoms with Gasteiger partial charge >= 0.3 is 6.18 Å². The van der Waals surface area contributed by atoms with E-state index in [2.05, 4.69) is 10.3 Å². The Morgan fingerprint density at radius 2 is 2.15 bits per heavy atom. The summed E-state index contributed by atoms with van der Waals surface area (Å²) in [6.45, 7) is 3.10. The minimum atomic E-state index is -4.29. The molecular weight excluding hydrogens is 267 g/mol. The SMILES string of the molecule is CC(Cn1ccnc1)NCc1cccc(C(F)(F)F)c1. The molecule has 3 nitrogen and oxygen atoms in total. The highest BCUT2D eigenvalue weighted by atomic mass is 19.4. The van der Waals surface area contributed by atoms with E-state index in [-0.39, 0.29) is 6.04 Å². The maximum absolute atomic E-state index is 12.6. The Morgan fingerprint density at radius 1 is 1.35 bits per heavy atom. The number of imidazole rings is 1. The summed E-state index contributed by atoms with van der Waals surface area (Å²) in [4.78, 5) is 3.94. The Kier molecular flexibility index (Phi) is 4.44. The summed E-state index contributed by atoms with van der Waals surface area (Å²) < 4.78 is 39.7. The van der Waals surface area contributed by atoms with Crippen LogP contribution in [0.2, 0.25) is 0 Å². The second-order valence-corrected chi connectivity index (χ2v) is 4.74. The smallest absolute Gasteiger partial charge is 0.336 e. The van der Waals surface area contributed by atoms with Gasteiger partial charge in [0.1, 0.15) is 0 Å². The first-order valence-corrected chi connectivity index (χ1v) is 6.30. The quantitative estimate of drug-likeness (QED) is 0.914. The first-order chi connectivity index (χ1) is 9.45. The van der Waals surface area contributed by atoms with E-state index in [0.717, 1.165) is 12.6 Å². The van der Waals surface area contributed by atoms with E-state index in [1.54, 1.807) is 18.6 Å². The van der Waals surface area contributed by atoms with Crippen molar-refractivity contribution in [1.29, 1.82) is 0 Å². The predicted molar refractivity (Wildman–Crippen MR) is 70.0 cm³/mol. The van der Waals surface area contributed by atoms with Gasteiger partial charge in [-0.1, -0.05) is 18.2 Å². The summed E-state index contributed by atoms with van der Waals surface area (Å²) in [6, 6.07) is 5.51. The molecule has 6 heteroatoms. The molecule has 1 heterocycles. The van der Waals surface area contributed by atoms with Gasteiger partial charge in [-0.3, -0.25) is 0 Å². The third-order valence-corrected chi connectivity index (χ3v) is 2.95. The summed E-state index contributed by atoms with van der Waals surface area (Å²) in [6.07, 6.45) is 0.961. The molecule has 0 aliphatic rings. The molecule has 0 spiro atoms. The first kappa shape index (κ1) is 14.6. The lowest BCUT2D eigenvalue weighted by atomic mass is 10.1. The van der Waals surface area contributed by atoms with Crippen LogP contribution in [-0.4, -0.2) is 15.6 Å². The summed E-state index contributed by atoms with van der Waals surface area (Å²) in [7, 11) is 0. The number of hydrogen-bond acceptors (Lipinski definition) is 2. The average Bonchev–Trinajstić information content (AvgIpc) is 2.88. The molecule has 20 heavy (non-hydrogen) atoms. The van der Waals surface area contributed by atoms with Gasteiger partial charge in [0.2, 0.25) is 0 Å². The largest absolute Gasteiger partial charge is 0.416 e. The number of rotatable bonds is 5. The second kappa shape index (κ2) is 6.09. The minimum Gasteiger partial charge on any atom is -0.336 e. The highest BCUT2D eigenvalue weighted by Crippen LogP contribution is 2.29. The Bertz CT molecular complexity index is 535. The van der Waals surface area contributed by atoms with Crippen LogP contribution in [0.4, 0.5) is 13.2 Å². The number of nitrogens with one attached hydrogen (secondary N) is 1. The van der Waals surface area contributed by atoms with Crippen molar-refractivity contribution in [1.82, 2.24) is 14.9 Å². The lowest BCUT2D eigenvalue weighted by molar-refractivity contribution is -0.137. The molecule has 1 N–H and O–H groups in total. The van der Waals surface area contributed by atoms with Gasteiger partial charge in [0.05, 0.1) is 11.9 Å². The highest BCUT2D eigenvalue weighted by Gasteiger charge is 2.30. The van der Waals surface area contributed by atoms with Crippen molar-refractivity contribution in [3.05, 3.63) is 54.1 Å². The first-order valence-electron chi connectivity index (χ1n) is 6.30. The van der Waals surface area contributed by atoms with E-state index in [0.29, 0.717) is 12.1 Å². The maximum Gasteiger partial charge on any atom is 0.416 e. The fourth-order valence-electron chi connectivity index (χ4n) is 1.93. The molecule has 2 rings (SSSR count). The lowest BCUT2D eigenvalue weighted by Crippen LogP contribution is -2.29. The number of halogens is 3. The van der Waals surface area contributed by atoms with Crippen LogP contribution in [0.1, 0.15) is 18.1 Å². The standard InChI is InChI=1S/C14H16F3N3/c1-11(9-20-6-5-18-10-20)19-8-12-3-2-4-13(7-12)14(15,16)17/h2-7,10-11,19H,8-9H2,1H3. The molecule has 108 valence electrons. The van der Waals surface area contributed by atoms with Crippen LogP contribution < -0.4 is 5.32 Å². The molecule has 0 fully saturated rings. The Balaban J connectivity index is 1.90. The number of benzene rings is 1. The molecule has 1 atom stereocenters. The molecule has 0 radical (unpaired) electrons. The normalized spacial score (nSPS) is 13.4. The predicted octanol–water partition coefficient (Wildman–Crippen LogP) is 3.08. The molecule has 0 saturated heterocycles. The van der Waals surface area contributed by atoms with Gasteiger partial charge in [-0.05, 0) is 18.6 Å². The maximum atomic E-state index is 12.6. The molecule has 1 aromatic heterocycles. The number of hydrogen-bond donors (Lipinski definition) is 1. The van der Waals surface area contributed by atoms with Crippen molar-refractivity contribution in [3.63, 3.8) is 0 Å². The molecule has 0 aliphatic heterocycles.